The summed E-state index contributed by atoms with van der Waals surface area (Å²) in [6.07, 6.45) is 4.39. The summed E-state index contributed by atoms with van der Waals surface area (Å²) in [6.45, 7) is 14.3. The average molecular weight is 364 g/mol. The molecule has 0 heterocycles. The third kappa shape index (κ3) is 14.1. The van der Waals surface area contributed by atoms with Gasteiger partial charge in [0.15, 0.2) is 0 Å². The second-order valence-electron chi connectivity index (χ2n) is 7.41. The predicted octanol–water partition coefficient (Wildman–Crippen LogP) is 3.12. The maximum absolute atomic E-state index is 11.6. The lowest BCUT2D eigenvalue weighted by molar-refractivity contribution is -0.128. The van der Waals surface area contributed by atoms with Crippen molar-refractivity contribution in [1.82, 2.24) is 5.32 Å². The number of rotatable bonds is 14. The molecule has 0 unspecified atom stereocenters. The van der Waals surface area contributed by atoms with Crippen LogP contribution in [0.3, 0.4) is 0 Å². The van der Waals surface area contributed by atoms with Crippen molar-refractivity contribution < 1.29 is 19.0 Å². The summed E-state index contributed by atoms with van der Waals surface area (Å²) in [7, 11) is 0. The summed E-state index contributed by atoms with van der Waals surface area (Å²) in [5.74, 6) is 0.0421. The zero-order chi connectivity index (χ0) is 18.5. The standard InChI is InChI=1S/C18H37NO4S/c1-17(2,3)16(20)19-9-11-22-13-15-23-14-12-21-10-7-8-18(4,5)24-6/h7-15H2,1-6H3,(H,19,20). The topological polar surface area (TPSA) is 56.8 Å². The van der Waals surface area contributed by atoms with Gasteiger partial charge in [-0.3, -0.25) is 4.79 Å². The van der Waals surface area contributed by atoms with Gasteiger partial charge in [-0.1, -0.05) is 34.6 Å². The van der Waals surface area contributed by atoms with Crippen molar-refractivity contribution in [2.75, 3.05) is 52.4 Å². The first-order valence-electron chi connectivity index (χ1n) is 8.76. The van der Waals surface area contributed by atoms with Gasteiger partial charge in [0, 0.05) is 23.3 Å². The molecule has 24 heavy (non-hydrogen) atoms. The van der Waals surface area contributed by atoms with Crippen LogP contribution in [0.5, 0.6) is 0 Å². The van der Waals surface area contributed by atoms with Crippen LogP contribution in [0, 0.1) is 5.41 Å². The highest BCUT2D eigenvalue weighted by Crippen LogP contribution is 2.26. The molecule has 0 fully saturated rings. The van der Waals surface area contributed by atoms with Crippen LogP contribution in [0.2, 0.25) is 0 Å². The number of hydrogen-bond acceptors (Lipinski definition) is 5. The molecule has 0 atom stereocenters. The van der Waals surface area contributed by atoms with Gasteiger partial charge >= 0.3 is 0 Å². The number of ether oxygens (including phenoxy) is 3. The van der Waals surface area contributed by atoms with Gasteiger partial charge in [0.1, 0.15) is 0 Å². The van der Waals surface area contributed by atoms with Crippen molar-refractivity contribution in [3.63, 3.8) is 0 Å². The number of thioether (sulfide) groups is 1. The Morgan fingerprint density at radius 2 is 1.38 bits per heavy atom. The second kappa shape index (κ2) is 13.0. The van der Waals surface area contributed by atoms with Crippen LogP contribution in [0.15, 0.2) is 0 Å². The molecule has 0 aromatic carbocycles. The van der Waals surface area contributed by atoms with E-state index in [9.17, 15) is 4.79 Å². The Labute approximate surface area is 152 Å². The van der Waals surface area contributed by atoms with Crippen molar-refractivity contribution in [2.45, 2.75) is 52.2 Å². The van der Waals surface area contributed by atoms with Gasteiger partial charge in [0.2, 0.25) is 5.91 Å². The molecular weight excluding hydrogens is 326 g/mol. The third-order valence-corrected chi connectivity index (χ3v) is 4.89. The van der Waals surface area contributed by atoms with Gasteiger partial charge in [-0.2, -0.15) is 11.8 Å². The third-order valence-electron chi connectivity index (χ3n) is 3.58. The molecule has 6 heteroatoms. The van der Waals surface area contributed by atoms with E-state index in [0.717, 1.165) is 19.4 Å². The van der Waals surface area contributed by atoms with E-state index in [2.05, 4.69) is 25.4 Å². The summed E-state index contributed by atoms with van der Waals surface area (Å²) < 4.78 is 16.7. The Balaban J connectivity index is 3.25. The van der Waals surface area contributed by atoms with E-state index in [1.165, 1.54) is 0 Å². The molecule has 0 aromatic heterocycles. The van der Waals surface area contributed by atoms with E-state index in [1.54, 1.807) is 0 Å². The van der Waals surface area contributed by atoms with Crippen LogP contribution in [0.1, 0.15) is 47.5 Å². The molecule has 0 radical (unpaired) electrons. The number of nitrogens with one attached hydrogen (secondary N) is 1. The van der Waals surface area contributed by atoms with Gasteiger partial charge in [-0.05, 0) is 19.1 Å². The van der Waals surface area contributed by atoms with Gasteiger partial charge in [0.05, 0.1) is 33.0 Å². The molecule has 0 bridgehead atoms. The lowest BCUT2D eigenvalue weighted by Crippen LogP contribution is -2.36. The Bertz CT molecular complexity index is 329. The molecule has 0 aliphatic carbocycles. The summed E-state index contributed by atoms with van der Waals surface area (Å²) in [5, 5.41) is 2.84. The van der Waals surface area contributed by atoms with Crippen LogP contribution in [0.25, 0.3) is 0 Å². The van der Waals surface area contributed by atoms with E-state index >= 15 is 0 Å². The highest BCUT2D eigenvalue weighted by Gasteiger charge is 2.20. The molecule has 0 aliphatic rings. The lowest BCUT2D eigenvalue weighted by atomic mass is 9.96. The quantitative estimate of drug-likeness (QED) is 0.481. The normalized spacial score (nSPS) is 12.4. The van der Waals surface area contributed by atoms with Crippen LogP contribution >= 0.6 is 11.8 Å². The fourth-order valence-electron chi connectivity index (χ4n) is 1.75. The zero-order valence-electron chi connectivity index (χ0n) is 16.4. The average Bonchev–Trinajstić information content (AvgIpc) is 2.50. The Hall–Kier alpha value is -0.300. The molecule has 1 N–H and O–H groups in total. The second-order valence-corrected chi connectivity index (χ2v) is 8.92. The van der Waals surface area contributed by atoms with Crippen molar-refractivity contribution in [3.8, 4) is 0 Å². The summed E-state index contributed by atoms with van der Waals surface area (Å²) >= 11 is 1.90. The van der Waals surface area contributed by atoms with E-state index in [4.69, 9.17) is 14.2 Å². The number of amides is 1. The smallest absolute Gasteiger partial charge is 0.225 e. The van der Waals surface area contributed by atoms with Crippen LogP contribution < -0.4 is 5.32 Å². The minimum absolute atomic E-state index is 0.0421. The molecule has 0 saturated carbocycles. The fraction of sp³-hybridized carbons (Fsp3) is 0.944. The summed E-state index contributed by atoms with van der Waals surface area (Å²) in [6, 6.07) is 0. The monoisotopic (exact) mass is 363 g/mol. The summed E-state index contributed by atoms with van der Waals surface area (Å²) in [5.41, 5.74) is -0.353. The maximum atomic E-state index is 11.6. The summed E-state index contributed by atoms with van der Waals surface area (Å²) in [4.78, 5) is 11.6. The van der Waals surface area contributed by atoms with E-state index in [-0.39, 0.29) is 11.3 Å². The predicted molar refractivity (Wildman–Crippen MR) is 102 cm³/mol. The van der Waals surface area contributed by atoms with Gasteiger partial charge in [0.25, 0.3) is 0 Å². The van der Waals surface area contributed by atoms with Crippen LogP contribution in [-0.4, -0.2) is 63.1 Å². The maximum Gasteiger partial charge on any atom is 0.225 e. The zero-order valence-corrected chi connectivity index (χ0v) is 17.2. The minimum atomic E-state index is -0.353. The molecule has 5 nitrogen and oxygen atoms in total. The fourth-order valence-corrected chi connectivity index (χ4v) is 2.09. The first-order chi connectivity index (χ1) is 11.2. The Morgan fingerprint density at radius 3 is 1.88 bits per heavy atom. The molecule has 144 valence electrons. The van der Waals surface area contributed by atoms with Crippen LogP contribution in [-0.2, 0) is 19.0 Å². The number of hydrogen-bond donors (Lipinski definition) is 1. The molecule has 0 aliphatic heterocycles. The van der Waals surface area contributed by atoms with Gasteiger partial charge in [-0.25, -0.2) is 0 Å². The highest BCUT2D eigenvalue weighted by atomic mass is 32.2. The van der Waals surface area contributed by atoms with Crippen molar-refractivity contribution in [1.29, 1.82) is 0 Å². The first kappa shape index (κ1) is 23.7. The Kier molecular flexibility index (Phi) is 12.8. The van der Waals surface area contributed by atoms with E-state index in [1.807, 2.05) is 32.5 Å². The highest BCUT2D eigenvalue weighted by molar-refractivity contribution is 7.99. The molecule has 1 amide bonds. The molecule has 0 spiro atoms. The van der Waals surface area contributed by atoms with Crippen LogP contribution in [0.4, 0.5) is 0 Å². The minimum Gasteiger partial charge on any atom is -0.379 e. The Morgan fingerprint density at radius 1 is 0.875 bits per heavy atom. The SMILES string of the molecule is CSC(C)(C)CCCOCCOCCOCCNC(=O)C(C)(C)C. The van der Waals surface area contributed by atoms with Gasteiger partial charge in [-0.15, -0.1) is 0 Å². The van der Waals surface area contributed by atoms with Gasteiger partial charge < -0.3 is 19.5 Å². The molecule has 0 rings (SSSR count). The van der Waals surface area contributed by atoms with Crippen molar-refractivity contribution in [3.05, 3.63) is 0 Å². The van der Waals surface area contributed by atoms with Crippen molar-refractivity contribution in [2.24, 2.45) is 5.41 Å². The van der Waals surface area contributed by atoms with Crippen molar-refractivity contribution >= 4 is 17.7 Å². The lowest BCUT2D eigenvalue weighted by Gasteiger charge is -2.21. The molecule has 0 saturated heterocycles. The molecule has 0 aromatic rings. The number of carbonyl (C=O) groups is 1. The first-order valence-corrected chi connectivity index (χ1v) is 9.98. The molecular formula is C18H37NO4S. The largest absolute Gasteiger partial charge is 0.379 e. The van der Waals surface area contributed by atoms with E-state index < -0.39 is 0 Å². The van der Waals surface area contributed by atoms with E-state index in [0.29, 0.717) is 44.3 Å². The number of carbonyl (C=O) groups excluding carboxylic acids is 1.